The van der Waals surface area contributed by atoms with Crippen molar-refractivity contribution in [2.75, 3.05) is 0 Å². The van der Waals surface area contributed by atoms with E-state index in [4.69, 9.17) is 0 Å². The maximum Gasteiger partial charge on any atom is 0.0267 e. The molecule has 3 aromatic heterocycles. The van der Waals surface area contributed by atoms with Crippen molar-refractivity contribution in [3.8, 4) is 0 Å². The van der Waals surface area contributed by atoms with Crippen molar-refractivity contribution in [1.29, 1.82) is 0 Å². The number of aromatic nitrogens is 3. The molecule has 3 heterocycles. The number of rotatable bonds is 0. The summed E-state index contributed by atoms with van der Waals surface area (Å²) in [5, 5.41) is 0. The summed E-state index contributed by atoms with van der Waals surface area (Å²) >= 11 is 0. The zero-order valence-corrected chi connectivity index (χ0v) is 14.0. The summed E-state index contributed by atoms with van der Waals surface area (Å²) in [6.07, 6.45) is 10.5. The second-order valence-corrected chi connectivity index (χ2v) is 3.07. The number of pyridine rings is 3. The van der Waals surface area contributed by atoms with Gasteiger partial charge in [-0.05, 0) is 36.4 Å². The Morgan fingerprint density at radius 3 is 0.545 bits per heavy atom. The van der Waals surface area contributed by atoms with Gasteiger partial charge in [0, 0.05) is 37.2 Å². The fourth-order valence-corrected chi connectivity index (χ4v) is 0.938. The summed E-state index contributed by atoms with van der Waals surface area (Å²) in [4.78, 5) is 11.4. The molecule has 0 radical (unpaired) electrons. The van der Waals surface area contributed by atoms with Crippen LogP contribution >= 0.6 is 0 Å². The molecule has 0 aliphatic heterocycles. The summed E-state index contributed by atoms with van der Waals surface area (Å²) in [5.74, 6) is 0. The predicted molar refractivity (Wildman–Crippen MR) is 95.4 cm³/mol. The van der Waals surface area contributed by atoms with Gasteiger partial charge < -0.3 is 0 Å². The molecule has 0 aliphatic carbocycles. The van der Waals surface area contributed by atoms with Gasteiger partial charge in [-0.15, -0.1) is 0 Å². The third kappa shape index (κ3) is 19.8. The first-order valence-corrected chi connectivity index (χ1v) is 7.55. The molecule has 22 heavy (non-hydrogen) atoms. The van der Waals surface area contributed by atoms with E-state index in [0.29, 0.717) is 0 Å². The highest BCUT2D eigenvalue weighted by Gasteiger charge is 1.59. The van der Waals surface area contributed by atoms with E-state index in [-0.39, 0.29) is 0 Å². The minimum absolute atomic E-state index is 1.75. The van der Waals surface area contributed by atoms with E-state index < -0.39 is 0 Å². The molecule has 0 saturated heterocycles. The van der Waals surface area contributed by atoms with E-state index in [0.717, 1.165) is 0 Å². The molecule has 0 N–H and O–H groups in total. The Bertz CT molecular complexity index is 303. The third-order valence-electron chi connectivity index (χ3n) is 1.70. The second-order valence-electron chi connectivity index (χ2n) is 3.07. The van der Waals surface area contributed by atoms with Gasteiger partial charge >= 0.3 is 0 Å². The van der Waals surface area contributed by atoms with Crippen molar-refractivity contribution >= 4 is 0 Å². The van der Waals surface area contributed by atoms with Crippen LogP contribution in [0.1, 0.15) is 27.7 Å². The molecule has 0 saturated carbocycles. The number of hydrogen-bond acceptors (Lipinski definition) is 3. The Hall–Kier alpha value is -2.55. The van der Waals surface area contributed by atoms with Crippen LogP contribution in [-0.2, 0) is 0 Å². The summed E-state index contributed by atoms with van der Waals surface area (Å²) in [6, 6.07) is 17.1. The van der Waals surface area contributed by atoms with Gasteiger partial charge in [0.05, 0.1) is 0 Å². The van der Waals surface area contributed by atoms with Gasteiger partial charge in [-0.25, -0.2) is 0 Å². The molecule has 0 bridgehead atoms. The molecule has 0 unspecified atom stereocenters. The maximum atomic E-state index is 3.78. The third-order valence-corrected chi connectivity index (χ3v) is 1.70. The molecule has 0 amide bonds. The van der Waals surface area contributed by atoms with E-state index in [1.165, 1.54) is 0 Å². The minimum Gasteiger partial charge on any atom is -0.265 e. The predicted octanol–water partition coefficient (Wildman–Crippen LogP) is 5.30. The van der Waals surface area contributed by atoms with Crippen LogP contribution in [0.5, 0.6) is 0 Å². The largest absolute Gasteiger partial charge is 0.265 e. The van der Waals surface area contributed by atoms with E-state index in [1.807, 2.05) is 82.3 Å². The van der Waals surface area contributed by atoms with Crippen LogP contribution in [0.4, 0.5) is 0 Å². The highest BCUT2D eigenvalue weighted by Crippen LogP contribution is 1.74. The fourth-order valence-electron chi connectivity index (χ4n) is 0.938. The van der Waals surface area contributed by atoms with Crippen molar-refractivity contribution < 1.29 is 0 Å². The van der Waals surface area contributed by atoms with Gasteiger partial charge in [0.1, 0.15) is 0 Å². The van der Waals surface area contributed by atoms with E-state index >= 15 is 0 Å². The van der Waals surface area contributed by atoms with Gasteiger partial charge in [0.2, 0.25) is 0 Å². The van der Waals surface area contributed by atoms with Crippen LogP contribution < -0.4 is 0 Å². The second kappa shape index (κ2) is 23.5. The Morgan fingerprint density at radius 2 is 0.500 bits per heavy atom. The highest BCUT2D eigenvalue weighted by molar-refractivity contribution is 4.89. The molecule has 3 nitrogen and oxygen atoms in total. The van der Waals surface area contributed by atoms with E-state index in [2.05, 4.69) is 15.0 Å². The molecule has 3 aromatic rings. The first-order valence-electron chi connectivity index (χ1n) is 7.55. The fraction of sp³-hybridized carbons (Fsp3) is 0.211. The number of nitrogens with zero attached hydrogens (tertiary/aromatic N) is 3. The molecule has 0 aliphatic rings. The maximum absolute atomic E-state index is 3.78. The SMILES string of the molecule is CC.CC.c1ccncc1.c1ccncc1.c1ccncc1. The van der Waals surface area contributed by atoms with Crippen LogP contribution in [0.3, 0.4) is 0 Å². The summed E-state index contributed by atoms with van der Waals surface area (Å²) in [5.41, 5.74) is 0. The summed E-state index contributed by atoms with van der Waals surface area (Å²) < 4.78 is 0. The molecule has 0 fully saturated rings. The normalized spacial score (nSPS) is 7.09. The molecule has 0 atom stereocenters. The Kier molecular flexibility index (Phi) is 23.3. The lowest BCUT2D eigenvalue weighted by atomic mass is 10.5. The zero-order chi connectivity index (χ0) is 16.7. The van der Waals surface area contributed by atoms with Crippen LogP contribution in [0, 0.1) is 0 Å². The lowest BCUT2D eigenvalue weighted by Gasteiger charge is -1.70. The Balaban J connectivity index is 0. The molecule has 0 aromatic carbocycles. The van der Waals surface area contributed by atoms with Gasteiger partial charge in [0.15, 0.2) is 0 Å². The summed E-state index contributed by atoms with van der Waals surface area (Å²) in [7, 11) is 0. The van der Waals surface area contributed by atoms with Crippen LogP contribution in [0.25, 0.3) is 0 Å². The molecular formula is C19H27N3. The van der Waals surface area contributed by atoms with Crippen molar-refractivity contribution in [1.82, 2.24) is 15.0 Å². The van der Waals surface area contributed by atoms with Crippen molar-refractivity contribution in [3.63, 3.8) is 0 Å². The molecule has 3 heteroatoms. The van der Waals surface area contributed by atoms with Gasteiger partial charge in [-0.3, -0.25) is 15.0 Å². The van der Waals surface area contributed by atoms with E-state index in [1.54, 1.807) is 37.2 Å². The average molecular weight is 297 g/mol. The zero-order valence-electron chi connectivity index (χ0n) is 14.0. The van der Waals surface area contributed by atoms with Gasteiger partial charge in [-0.2, -0.15) is 0 Å². The average Bonchev–Trinajstić information content (AvgIpc) is 2.70. The topological polar surface area (TPSA) is 38.7 Å². The van der Waals surface area contributed by atoms with Crippen LogP contribution in [0.15, 0.2) is 91.8 Å². The molecule has 118 valence electrons. The van der Waals surface area contributed by atoms with Crippen LogP contribution in [0.2, 0.25) is 0 Å². The first kappa shape index (κ1) is 21.7. The monoisotopic (exact) mass is 297 g/mol. The molecule has 3 rings (SSSR count). The van der Waals surface area contributed by atoms with Gasteiger partial charge in [0.25, 0.3) is 0 Å². The van der Waals surface area contributed by atoms with Crippen molar-refractivity contribution in [2.45, 2.75) is 27.7 Å². The quantitative estimate of drug-likeness (QED) is 0.565. The number of hydrogen-bond donors (Lipinski definition) is 0. The van der Waals surface area contributed by atoms with Crippen molar-refractivity contribution in [2.24, 2.45) is 0 Å². The summed E-state index contributed by atoms with van der Waals surface area (Å²) in [6.45, 7) is 8.00. The van der Waals surface area contributed by atoms with Crippen LogP contribution in [-0.4, -0.2) is 15.0 Å². The lowest BCUT2D eigenvalue weighted by Crippen LogP contribution is -1.58. The first-order chi connectivity index (χ1) is 11.0. The lowest BCUT2D eigenvalue weighted by molar-refractivity contribution is 1.33. The Morgan fingerprint density at radius 1 is 0.318 bits per heavy atom. The Labute approximate surface area is 135 Å². The molecule has 0 spiro atoms. The van der Waals surface area contributed by atoms with Gasteiger partial charge in [-0.1, -0.05) is 45.9 Å². The standard InChI is InChI=1S/3C5H5N.2C2H6/c3*1-2-4-6-5-3-1;2*1-2/h3*1-5H;2*1-2H3. The van der Waals surface area contributed by atoms with Crippen molar-refractivity contribution in [3.05, 3.63) is 91.8 Å². The van der Waals surface area contributed by atoms with E-state index in [9.17, 15) is 0 Å². The highest BCUT2D eigenvalue weighted by atomic mass is 14.6. The smallest absolute Gasteiger partial charge is 0.0267 e. The minimum atomic E-state index is 1.75. The molecular weight excluding hydrogens is 270 g/mol.